The molecule has 1 atom stereocenters. The molecule has 31 heavy (non-hydrogen) atoms. The quantitative estimate of drug-likeness (QED) is 0.461. The summed E-state index contributed by atoms with van der Waals surface area (Å²) in [6, 6.07) is 4.91. The molecule has 2 heterocycles. The SMILES string of the molecule is COC(=O)CC[C@@H](C(N)=O)N1Cc2cc(N3CCC(C(OC)OC)CC3)ccc2C1=O. The number of benzene rings is 1. The maximum Gasteiger partial charge on any atom is 0.305 e. The van der Waals surface area contributed by atoms with Crippen molar-refractivity contribution in [1.82, 2.24) is 4.90 Å². The minimum Gasteiger partial charge on any atom is -0.469 e. The van der Waals surface area contributed by atoms with Gasteiger partial charge in [0.25, 0.3) is 5.91 Å². The van der Waals surface area contributed by atoms with E-state index in [1.807, 2.05) is 18.2 Å². The summed E-state index contributed by atoms with van der Waals surface area (Å²) in [5, 5.41) is 0. The van der Waals surface area contributed by atoms with Gasteiger partial charge in [-0.05, 0) is 43.0 Å². The molecule has 2 N–H and O–H groups in total. The molecule has 0 bridgehead atoms. The molecule has 0 unspecified atom stereocenters. The van der Waals surface area contributed by atoms with Gasteiger partial charge in [-0.1, -0.05) is 0 Å². The number of rotatable bonds is 9. The van der Waals surface area contributed by atoms with E-state index in [9.17, 15) is 14.4 Å². The molecule has 2 aliphatic rings. The highest BCUT2D eigenvalue weighted by atomic mass is 16.7. The fourth-order valence-electron chi connectivity index (χ4n) is 4.50. The maximum absolute atomic E-state index is 12.9. The number of nitrogens with zero attached hydrogens (tertiary/aromatic N) is 2. The van der Waals surface area contributed by atoms with Crippen molar-refractivity contribution in [1.29, 1.82) is 0 Å². The second-order valence-corrected chi connectivity index (χ2v) is 7.97. The van der Waals surface area contributed by atoms with Crippen molar-refractivity contribution in [2.24, 2.45) is 11.7 Å². The Balaban J connectivity index is 1.69. The molecular weight excluding hydrogens is 402 g/mol. The van der Waals surface area contributed by atoms with Gasteiger partial charge in [0.15, 0.2) is 6.29 Å². The van der Waals surface area contributed by atoms with E-state index in [1.54, 1.807) is 14.2 Å². The minimum atomic E-state index is -0.849. The van der Waals surface area contributed by atoms with Crippen molar-refractivity contribution < 1.29 is 28.6 Å². The monoisotopic (exact) mass is 433 g/mol. The van der Waals surface area contributed by atoms with Crippen molar-refractivity contribution in [3.63, 3.8) is 0 Å². The van der Waals surface area contributed by atoms with E-state index in [4.69, 9.17) is 15.2 Å². The topological polar surface area (TPSA) is 111 Å². The zero-order valence-electron chi connectivity index (χ0n) is 18.3. The van der Waals surface area contributed by atoms with E-state index in [-0.39, 0.29) is 25.0 Å². The van der Waals surface area contributed by atoms with Crippen LogP contribution in [-0.2, 0) is 30.3 Å². The van der Waals surface area contributed by atoms with Crippen molar-refractivity contribution in [2.75, 3.05) is 39.3 Å². The molecule has 0 spiro atoms. The Bertz CT molecular complexity index is 817. The number of anilines is 1. The number of ether oxygens (including phenoxy) is 3. The highest BCUT2D eigenvalue weighted by Crippen LogP contribution is 2.32. The van der Waals surface area contributed by atoms with Gasteiger partial charge in [-0.25, -0.2) is 0 Å². The second kappa shape index (κ2) is 10.1. The molecule has 9 heteroatoms. The molecule has 1 saturated heterocycles. The van der Waals surface area contributed by atoms with Crippen LogP contribution in [0.25, 0.3) is 0 Å². The number of methoxy groups -OCH3 is 3. The lowest BCUT2D eigenvalue weighted by molar-refractivity contribution is -0.141. The molecule has 1 fully saturated rings. The van der Waals surface area contributed by atoms with Crippen LogP contribution < -0.4 is 10.6 Å². The Morgan fingerprint density at radius 1 is 1.16 bits per heavy atom. The summed E-state index contributed by atoms with van der Waals surface area (Å²) < 4.78 is 15.4. The molecule has 170 valence electrons. The van der Waals surface area contributed by atoms with Crippen molar-refractivity contribution in [3.8, 4) is 0 Å². The lowest BCUT2D eigenvalue weighted by Crippen LogP contribution is -2.45. The number of nitrogens with two attached hydrogens (primary N) is 1. The molecule has 0 saturated carbocycles. The smallest absolute Gasteiger partial charge is 0.305 e. The highest BCUT2D eigenvalue weighted by molar-refractivity contribution is 6.01. The van der Waals surface area contributed by atoms with Gasteiger partial charge in [0, 0.05) is 57.4 Å². The van der Waals surface area contributed by atoms with Crippen LogP contribution in [0.4, 0.5) is 5.69 Å². The Kier molecular flexibility index (Phi) is 7.50. The largest absolute Gasteiger partial charge is 0.469 e. The zero-order chi connectivity index (χ0) is 22.5. The van der Waals surface area contributed by atoms with Crippen LogP contribution in [0.5, 0.6) is 0 Å². The number of amides is 2. The average molecular weight is 434 g/mol. The first kappa shape index (κ1) is 23.0. The van der Waals surface area contributed by atoms with Crippen molar-refractivity contribution >= 4 is 23.5 Å². The molecular formula is C22H31N3O6. The molecule has 1 aromatic rings. The summed E-state index contributed by atoms with van der Waals surface area (Å²) >= 11 is 0. The molecule has 0 aliphatic carbocycles. The van der Waals surface area contributed by atoms with Crippen LogP contribution in [-0.4, -0.2) is 69.4 Å². The Hall–Kier alpha value is -2.65. The normalized spacial score (nSPS) is 17.7. The van der Waals surface area contributed by atoms with Gasteiger partial charge in [0.2, 0.25) is 5.91 Å². The zero-order valence-corrected chi connectivity index (χ0v) is 18.3. The van der Waals surface area contributed by atoms with Crippen LogP contribution in [0.15, 0.2) is 18.2 Å². The number of fused-ring (bicyclic) bond motifs is 1. The van der Waals surface area contributed by atoms with E-state index < -0.39 is 17.9 Å². The molecule has 9 nitrogen and oxygen atoms in total. The molecule has 1 aromatic carbocycles. The first-order chi connectivity index (χ1) is 14.9. The number of piperidine rings is 1. The van der Waals surface area contributed by atoms with E-state index in [1.165, 1.54) is 12.0 Å². The van der Waals surface area contributed by atoms with Gasteiger partial charge in [-0.2, -0.15) is 0 Å². The van der Waals surface area contributed by atoms with Crippen LogP contribution in [0.3, 0.4) is 0 Å². The first-order valence-corrected chi connectivity index (χ1v) is 10.5. The molecule has 2 aliphatic heterocycles. The number of carbonyl (C=O) groups is 3. The van der Waals surface area contributed by atoms with E-state index in [0.29, 0.717) is 18.0 Å². The lowest BCUT2D eigenvalue weighted by atomic mass is 9.95. The van der Waals surface area contributed by atoms with E-state index in [0.717, 1.165) is 37.2 Å². The van der Waals surface area contributed by atoms with Crippen LogP contribution >= 0.6 is 0 Å². The van der Waals surface area contributed by atoms with Gasteiger partial charge in [-0.3, -0.25) is 14.4 Å². The number of hydrogen-bond acceptors (Lipinski definition) is 7. The summed E-state index contributed by atoms with van der Waals surface area (Å²) in [5.41, 5.74) is 8.01. The Morgan fingerprint density at radius 2 is 1.84 bits per heavy atom. The standard InChI is InChI=1S/C22H31N3O6/c1-29-19(26)7-6-18(20(23)27)25-13-15-12-16(4-5-17(15)21(25)28)24-10-8-14(9-11-24)22(30-2)31-3/h4-5,12,14,18,22H,6-11,13H2,1-3H3,(H2,23,27)/t18-/m0/s1. The van der Waals surface area contributed by atoms with Crippen LogP contribution in [0.1, 0.15) is 41.6 Å². The van der Waals surface area contributed by atoms with Gasteiger partial charge in [0.1, 0.15) is 6.04 Å². The van der Waals surface area contributed by atoms with E-state index >= 15 is 0 Å². The van der Waals surface area contributed by atoms with Crippen LogP contribution in [0.2, 0.25) is 0 Å². The van der Waals surface area contributed by atoms with Crippen molar-refractivity contribution in [2.45, 2.75) is 44.6 Å². The van der Waals surface area contributed by atoms with Gasteiger partial charge >= 0.3 is 5.97 Å². The predicted octanol–water partition coefficient (Wildman–Crippen LogP) is 1.28. The minimum absolute atomic E-state index is 0.0222. The summed E-state index contributed by atoms with van der Waals surface area (Å²) in [4.78, 5) is 40.1. The average Bonchev–Trinajstić information content (AvgIpc) is 3.10. The Morgan fingerprint density at radius 3 is 2.42 bits per heavy atom. The molecule has 0 aromatic heterocycles. The van der Waals surface area contributed by atoms with Gasteiger partial charge in [0.05, 0.1) is 7.11 Å². The molecule has 3 rings (SSSR count). The maximum atomic E-state index is 12.9. The third-order valence-corrected chi connectivity index (χ3v) is 6.23. The fraction of sp³-hybridized carbons (Fsp3) is 0.591. The van der Waals surface area contributed by atoms with Crippen LogP contribution in [0, 0.1) is 5.92 Å². The summed E-state index contributed by atoms with van der Waals surface area (Å²) in [6.07, 6.45) is 1.87. The predicted molar refractivity (Wildman–Crippen MR) is 113 cm³/mol. The summed E-state index contributed by atoms with van der Waals surface area (Å²) in [7, 11) is 4.61. The molecule has 0 radical (unpaired) electrons. The number of hydrogen-bond donors (Lipinski definition) is 1. The summed E-state index contributed by atoms with van der Waals surface area (Å²) in [6.45, 7) is 2.03. The number of carbonyl (C=O) groups excluding carboxylic acids is 3. The van der Waals surface area contributed by atoms with Crippen molar-refractivity contribution in [3.05, 3.63) is 29.3 Å². The third kappa shape index (κ3) is 4.99. The lowest BCUT2D eigenvalue weighted by Gasteiger charge is -2.36. The first-order valence-electron chi connectivity index (χ1n) is 10.5. The third-order valence-electron chi connectivity index (χ3n) is 6.23. The Labute approximate surface area is 182 Å². The van der Waals surface area contributed by atoms with Gasteiger partial charge < -0.3 is 29.7 Å². The highest BCUT2D eigenvalue weighted by Gasteiger charge is 2.36. The summed E-state index contributed by atoms with van der Waals surface area (Å²) in [5.74, 6) is -0.954. The number of esters is 1. The van der Waals surface area contributed by atoms with E-state index in [2.05, 4.69) is 9.64 Å². The van der Waals surface area contributed by atoms with Gasteiger partial charge in [-0.15, -0.1) is 0 Å². The molecule has 2 amide bonds. The second-order valence-electron chi connectivity index (χ2n) is 7.97. The fourth-order valence-corrected chi connectivity index (χ4v) is 4.50. The number of primary amides is 1.